The van der Waals surface area contributed by atoms with E-state index in [4.69, 9.17) is 4.98 Å². The van der Waals surface area contributed by atoms with Crippen molar-refractivity contribution >= 4 is 16.7 Å². The van der Waals surface area contributed by atoms with Crippen LogP contribution in [0.1, 0.15) is 11.4 Å². The summed E-state index contributed by atoms with van der Waals surface area (Å²) < 4.78 is 0. The molecule has 0 amide bonds. The van der Waals surface area contributed by atoms with Gasteiger partial charge >= 0.3 is 0 Å². The minimum absolute atomic E-state index is 0.662. The molecule has 19 heavy (non-hydrogen) atoms. The molecule has 4 heteroatoms. The molecule has 2 aromatic rings. The summed E-state index contributed by atoms with van der Waals surface area (Å²) in [6.07, 6.45) is 0. The van der Waals surface area contributed by atoms with Crippen molar-refractivity contribution in [2.24, 2.45) is 5.92 Å². The van der Waals surface area contributed by atoms with Crippen LogP contribution >= 0.6 is 0 Å². The van der Waals surface area contributed by atoms with Crippen LogP contribution in [0.4, 0.5) is 5.82 Å². The third-order valence-electron chi connectivity index (χ3n) is 4.33. The first kappa shape index (κ1) is 11.2. The molecule has 4 rings (SSSR count). The van der Waals surface area contributed by atoms with Crippen LogP contribution in [-0.2, 0) is 0 Å². The molecular formula is C15H18N4. The largest absolute Gasteiger partial charge is 0.354 e. The summed E-state index contributed by atoms with van der Waals surface area (Å²) in [7, 11) is 0. The van der Waals surface area contributed by atoms with Crippen LogP contribution in [-0.4, -0.2) is 35.6 Å². The second-order valence-electron chi connectivity index (χ2n) is 5.79. The maximum atomic E-state index is 4.71. The van der Waals surface area contributed by atoms with Crippen molar-refractivity contribution in [2.75, 3.05) is 24.5 Å². The Kier molecular flexibility index (Phi) is 2.30. The molecule has 2 unspecified atom stereocenters. The highest BCUT2D eigenvalue weighted by Gasteiger charge is 2.39. The Hall–Kier alpha value is -1.68. The van der Waals surface area contributed by atoms with Gasteiger partial charge in [-0.05, 0) is 26.0 Å². The van der Waals surface area contributed by atoms with Crippen molar-refractivity contribution < 1.29 is 0 Å². The Morgan fingerprint density at radius 1 is 1.21 bits per heavy atom. The molecule has 1 aromatic heterocycles. The Morgan fingerprint density at radius 3 is 2.79 bits per heavy atom. The van der Waals surface area contributed by atoms with Crippen LogP contribution in [0.15, 0.2) is 18.2 Å². The van der Waals surface area contributed by atoms with Gasteiger partial charge in [-0.2, -0.15) is 0 Å². The zero-order valence-electron chi connectivity index (χ0n) is 11.3. The monoisotopic (exact) mass is 254 g/mol. The first-order valence-electron chi connectivity index (χ1n) is 6.94. The van der Waals surface area contributed by atoms with E-state index in [1.807, 2.05) is 6.92 Å². The van der Waals surface area contributed by atoms with Crippen LogP contribution in [0, 0.1) is 19.8 Å². The predicted octanol–water partition coefficient (Wildman–Crippen LogP) is 1.65. The second kappa shape index (κ2) is 3.90. The van der Waals surface area contributed by atoms with E-state index >= 15 is 0 Å². The SMILES string of the molecule is Cc1ccc2nc(C)nc(N3CC4CNC4C3)c2c1. The average Bonchev–Trinajstić information content (AvgIpc) is 2.65. The molecule has 1 N–H and O–H groups in total. The lowest BCUT2D eigenvalue weighted by Gasteiger charge is -2.29. The molecule has 0 saturated carbocycles. The van der Waals surface area contributed by atoms with Gasteiger partial charge in [-0.3, -0.25) is 0 Å². The van der Waals surface area contributed by atoms with Gasteiger partial charge in [0.2, 0.25) is 0 Å². The Morgan fingerprint density at radius 2 is 2.11 bits per heavy atom. The van der Waals surface area contributed by atoms with Gasteiger partial charge in [-0.15, -0.1) is 0 Å². The molecule has 2 saturated heterocycles. The van der Waals surface area contributed by atoms with E-state index < -0.39 is 0 Å². The zero-order valence-corrected chi connectivity index (χ0v) is 11.3. The number of hydrogen-bond acceptors (Lipinski definition) is 4. The first-order chi connectivity index (χ1) is 9.20. The summed E-state index contributed by atoms with van der Waals surface area (Å²) in [5.74, 6) is 2.77. The number of nitrogens with zero attached hydrogens (tertiary/aromatic N) is 3. The third kappa shape index (κ3) is 1.70. The molecule has 2 aliphatic heterocycles. The smallest absolute Gasteiger partial charge is 0.140 e. The van der Waals surface area contributed by atoms with Crippen molar-refractivity contribution in [3.63, 3.8) is 0 Å². The third-order valence-corrected chi connectivity index (χ3v) is 4.33. The molecule has 0 radical (unpaired) electrons. The fourth-order valence-corrected chi connectivity index (χ4v) is 3.20. The van der Waals surface area contributed by atoms with Gasteiger partial charge in [0.1, 0.15) is 11.6 Å². The van der Waals surface area contributed by atoms with Crippen LogP contribution < -0.4 is 10.2 Å². The molecule has 0 aliphatic carbocycles. The molecule has 98 valence electrons. The Balaban J connectivity index is 1.85. The molecule has 0 spiro atoms. The van der Waals surface area contributed by atoms with Crippen LogP contribution in [0.2, 0.25) is 0 Å². The summed E-state index contributed by atoms with van der Waals surface area (Å²) >= 11 is 0. The lowest BCUT2D eigenvalue weighted by atomic mass is 9.96. The highest BCUT2D eigenvalue weighted by Crippen LogP contribution is 2.31. The van der Waals surface area contributed by atoms with Gasteiger partial charge in [-0.25, -0.2) is 9.97 Å². The van der Waals surface area contributed by atoms with Gasteiger partial charge in [0.05, 0.1) is 5.52 Å². The van der Waals surface area contributed by atoms with E-state index in [9.17, 15) is 0 Å². The highest BCUT2D eigenvalue weighted by molar-refractivity contribution is 5.90. The fraction of sp³-hybridized carbons (Fsp3) is 0.467. The minimum Gasteiger partial charge on any atom is -0.354 e. The number of fused-ring (bicyclic) bond motifs is 2. The van der Waals surface area contributed by atoms with Gasteiger partial charge < -0.3 is 10.2 Å². The number of aryl methyl sites for hydroxylation is 2. The molecule has 2 atom stereocenters. The zero-order chi connectivity index (χ0) is 13.0. The van der Waals surface area contributed by atoms with E-state index in [1.165, 1.54) is 10.9 Å². The van der Waals surface area contributed by atoms with Gasteiger partial charge in [0, 0.05) is 37.0 Å². The molecule has 0 bridgehead atoms. The summed E-state index contributed by atoms with van der Waals surface area (Å²) in [6, 6.07) is 7.09. The van der Waals surface area contributed by atoms with Crippen molar-refractivity contribution in [1.82, 2.24) is 15.3 Å². The summed E-state index contributed by atoms with van der Waals surface area (Å²) in [5, 5.41) is 4.68. The number of hydrogen-bond donors (Lipinski definition) is 1. The number of aromatic nitrogens is 2. The topological polar surface area (TPSA) is 41.1 Å². The summed E-state index contributed by atoms with van der Waals surface area (Å²) in [5.41, 5.74) is 2.32. The second-order valence-corrected chi connectivity index (χ2v) is 5.79. The molecule has 2 aliphatic rings. The summed E-state index contributed by atoms with van der Waals surface area (Å²) in [6.45, 7) is 7.45. The number of anilines is 1. The Bertz CT molecular complexity index is 640. The molecule has 3 heterocycles. The van der Waals surface area contributed by atoms with E-state index in [2.05, 4.69) is 40.3 Å². The maximum Gasteiger partial charge on any atom is 0.140 e. The van der Waals surface area contributed by atoms with Crippen LogP contribution in [0.3, 0.4) is 0 Å². The number of rotatable bonds is 1. The van der Waals surface area contributed by atoms with Crippen molar-refractivity contribution in [3.05, 3.63) is 29.6 Å². The predicted molar refractivity (Wildman–Crippen MR) is 76.5 cm³/mol. The fourth-order valence-electron chi connectivity index (χ4n) is 3.20. The maximum absolute atomic E-state index is 4.71. The highest BCUT2D eigenvalue weighted by atomic mass is 15.3. The van der Waals surface area contributed by atoms with E-state index in [1.54, 1.807) is 0 Å². The number of benzene rings is 1. The normalized spacial score (nSPS) is 25.5. The average molecular weight is 254 g/mol. The first-order valence-corrected chi connectivity index (χ1v) is 6.94. The molecule has 2 fully saturated rings. The van der Waals surface area contributed by atoms with Gasteiger partial charge in [0.15, 0.2) is 0 Å². The van der Waals surface area contributed by atoms with Gasteiger partial charge in [0.25, 0.3) is 0 Å². The molecule has 1 aromatic carbocycles. The molecular weight excluding hydrogens is 236 g/mol. The quantitative estimate of drug-likeness (QED) is 0.840. The van der Waals surface area contributed by atoms with Crippen LogP contribution in [0.5, 0.6) is 0 Å². The minimum atomic E-state index is 0.662. The van der Waals surface area contributed by atoms with Gasteiger partial charge in [-0.1, -0.05) is 11.6 Å². The Labute approximate surface area is 112 Å². The standard InChI is InChI=1S/C15H18N4/c1-9-3-4-13-12(5-9)15(18-10(2)17-13)19-7-11-6-16-14(11)8-19/h3-5,11,14,16H,6-8H2,1-2H3. The molecule has 4 nitrogen and oxygen atoms in total. The van der Waals surface area contributed by atoms with Crippen molar-refractivity contribution in [1.29, 1.82) is 0 Å². The number of nitrogens with one attached hydrogen (secondary N) is 1. The van der Waals surface area contributed by atoms with E-state index in [-0.39, 0.29) is 0 Å². The lowest BCUT2D eigenvalue weighted by molar-refractivity contribution is 0.297. The van der Waals surface area contributed by atoms with E-state index in [0.717, 1.165) is 42.7 Å². The lowest BCUT2D eigenvalue weighted by Crippen LogP contribution is -2.51. The summed E-state index contributed by atoms with van der Waals surface area (Å²) in [4.78, 5) is 11.7. The van der Waals surface area contributed by atoms with E-state index in [0.29, 0.717) is 6.04 Å². The van der Waals surface area contributed by atoms with Crippen molar-refractivity contribution in [2.45, 2.75) is 19.9 Å². The van der Waals surface area contributed by atoms with Crippen LogP contribution in [0.25, 0.3) is 10.9 Å². The van der Waals surface area contributed by atoms with Crippen molar-refractivity contribution in [3.8, 4) is 0 Å².